The summed E-state index contributed by atoms with van der Waals surface area (Å²) in [5, 5.41) is 0.679. The summed E-state index contributed by atoms with van der Waals surface area (Å²) < 4.78 is 38.0. The average molecular weight is 287 g/mol. The zero-order valence-electron chi connectivity index (χ0n) is 9.84. The lowest BCUT2D eigenvalue weighted by Crippen LogP contribution is -2.13. The van der Waals surface area contributed by atoms with Crippen molar-refractivity contribution < 1.29 is 13.2 Å². The van der Waals surface area contributed by atoms with E-state index in [9.17, 15) is 13.2 Å². The summed E-state index contributed by atoms with van der Waals surface area (Å²) in [7, 11) is 0. The topological polar surface area (TPSA) is 25.8 Å². The monoisotopic (exact) mass is 286 g/mol. The van der Waals surface area contributed by atoms with Crippen LogP contribution in [0.1, 0.15) is 36.6 Å². The third-order valence-electron chi connectivity index (χ3n) is 3.47. The van der Waals surface area contributed by atoms with E-state index in [0.29, 0.717) is 11.2 Å². The van der Waals surface area contributed by atoms with Gasteiger partial charge in [-0.2, -0.15) is 13.2 Å². The molecule has 0 spiro atoms. The van der Waals surface area contributed by atoms with Gasteiger partial charge in [0.25, 0.3) is 0 Å². The normalized spacial score (nSPS) is 16.6. The van der Waals surface area contributed by atoms with Gasteiger partial charge in [0.2, 0.25) is 0 Å². The van der Waals surface area contributed by atoms with E-state index in [1.165, 1.54) is 6.07 Å². The average Bonchev–Trinajstić information content (AvgIpc) is 2.24. The van der Waals surface area contributed by atoms with Crippen LogP contribution in [0.15, 0.2) is 18.2 Å². The van der Waals surface area contributed by atoms with E-state index in [1.54, 1.807) is 0 Å². The quantitative estimate of drug-likeness (QED) is 0.718. The van der Waals surface area contributed by atoms with E-state index in [4.69, 9.17) is 11.6 Å². The molecule has 0 bridgehead atoms. The van der Waals surface area contributed by atoms with Crippen LogP contribution in [0, 0.1) is 0 Å². The van der Waals surface area contributed by atoms with Crippen molar-refractivity contribution in [3.63, 3.8) is 0 Å². The molecular weight excluding hydrogens is 277 g/mol. The van der Waals surface area contributed by atoms with Gasteiger partial charge in [-0.3, -0.25) is 0 Å². The van der Waals surface area contributed by atoms with Crippen LogP contribution in [-0.2, 0) is 6.18 Å². The molecule has 3 rings (SSSR count). The van der Waals surface area contributed by atoms with E-state index in [-0.39, 0.29) is 16.6 Å². The minimum absolute atomic E-state index is 0.223. The van der Waals surface area contributed by atoms with Crippen LogP contribution >= 0.6 is 11.6 Å². The van der Waals surface area contributed by atoms with Gasteiger partial charge >= 0.3 is 6.18 Å². The van der Waals surface area contributed by atoms with Crippen LogP contribution in [0.5, 0.6) is 0 Å². The predicted molar refractivity (Wildman–Crippen MR) is 66.1 cm³/mol. The Kier molecular flexibility index (Phi) is 2.89. The highest BCUT2D eigenvalue weighted by Gasteiger charge is 2.31. The predicted octanol–water partition coefficient (Wildman–Crippen LogP) is 4.57. The standard InChI is InChI=1S/C13H10ClF3N2/c14-11-9-5-4-8(13(15,16)17)6-10(9)18-12(19-11)7-2-1-3-7/h4-7H,1-3H2. The van der Waals surface area contributed by atoms with Gasteiger partial charge in [-0.05, 0) is 31.0 Å². The first-order valence-corrected chi connectivity index (χ1v) is 6.37. The highest BCUT2D eigenvalue weighted by atomic mass is 35.5. The van der Waals surface area contributed by atoms with Gasteiger partial charge in [0, 0.05) is 11.3 Å². The minimum Gasteiger partial charge on any atom is -0.232 e. The molecule has 0 aliphatic heterocycles. The molecule has 1 aliphatic rings. The Bertz CT molecular complexity index is 636. The van der Waals surface area contributed by atoms with Crippen molar-refractivity contribution in [2.24, 2.45) is 0 Å². The number of rotatable bonds is 1. The molecular formula is C13H10ClF3N2. The molecule has 0 unspecified atom stereocenters. The summed E-state index contributed by atoms with van der Waals surface area (Å²) in [5.41, 5.74) is -0.453. The Morgan fingerprint density at radius 2 is 1.89 bits per heavy atom. The lowest BCUT2D eigenvalue weighted by molar-refractivity contribution is -0.137. The summed E-state index contributed by atoms with van der Waals surface area (Å²) in [4.78, 5) is 8.42. The van der Waals surface area contributed by atoms with Crippen LogP contribution in [0.3, 0.4) is 0 Å². The maximum absolute atomic E-state index is 12.7. The molecule has 1 aliphatic carbocycles. The van der Waals surface area contributed by atoms with Gasteiger partial charge in [0.15, 0.2) is 0 Å². The van der Waals surface area contributed by atoms with E-state index >= 15 is 0 Å². The lowest BCUT2D eigenvalue weighted by Gasteiger charge is -2.24. The number of hydrogen-bond donors (Lipinski definition) is 0. The van der Waals surface area contributed by atoms with Crippen LogP contribution in [-0.4, -0.2) is 9.97 Å². The molecule has 1 aromatic carbocycles. The van der Waals surface area contributed by atoms with Gasteiger partial charge in [-0.15, -0.1) is 0 Å². The zero-order chi connectivity index (χ0) is 13.6. The first-order chi connectivity index (χ1) is 8.95. The van der Waals surface area contributed by atoms with E-state index in [2.05, 4.69) is 9.97 Å². The number of benzene rings is 1. The fourth-order valence-electron chi connectivity index (χ4n) is 2.13. The van der Waals surface area contributed by atoms with Crippen molar-refractivity contribution in [3.05, 3.63) is 34.7 Å². The Balaban J connectivity index is 2.14. The fourth-order valence-corrected chi connectivity index (χ4v) is 2.38. The Morgan fingerprint density at radius 1 is 1.16 bits per heavy atom. The second kappa shape index (κ2) is 4.34. The third kappa shape index (κ3) is 2.27. The zero-order valence-corrected chi connectivity index (χ0v) is 10.6. The molecule has 0 radical (unpaired) electrons. The molecule has 19 heavy (non-hydrogen) atoms. The SMILES string of the molecule is FC(F)(F)c1ccc2c(Cl)nc(C3CCC3)nc2c1. The highest BCUT2D eigenvalue weighted by Crippen LogP contribution is 2.37. The van der Waals surface area contributed by atoms with Gasteiger partial charge in [-0.25, -0.2) is 9.97 Å². The van der Waals surface area contributed by atoms with Crippen LogP contribution < -0.4 is 0 Å². The molecule has 1 saturated carbocycles. The molecule has 1 aromatic heterocycles. The smallest absolute Gasteiger partial charge is 0.232 e. The molecule has 0 amide bonds. The summed E-state index contributed by atoms with van der Waals surface area (Å²) in [5.74, 6) is 0.791. The molecule has 100 valence electrons. The largest absolute Gasteiger partial charge is 0.416 e. The molecule has 2 aromatic rings. The van der Waals surface area contributed by atoms with E-state index in [0.717, 1.165) is 31.4 Å². The number of halogens is 4. The van der Waals surface area contributed by atoms with Crippen molar-refractivity contribution in [1.82, 2.24) is 9.97 Å². The maximum Gasteiger partial charge on any atom is 0.416 e. The first kappa shape index (κ1) is 12.7. The molecule has 0 saturated heterocycles. The lowest BCUT2D eigenvalue weighted by atomic mass is 9.85. The van der Waals surface area contributed by atoms with Gasteiger partial charge < -0.3 is 0 Å². The van der Waals surface area contributed by atoms with Crippen LogP contribution in [0.2, 0.25) is 5.15 Å². The van der Waals surface area contributed by atoms with Gasteiger partial charge in [-0.1, -0.05) is 18.0 Å². The van der Waals surface area contributed by atoms with Gasteiger partial charge in [0.05, 0.1) is 11.1 Å². The maximum atomic E-state index is 12.7. The van der Waals surface area contributed by atoms with E-state index in [1.807, 2.05) is 0 Å². The number of aromatic nitrogens is 2. The van der Waals surface area contributed by atoms with Crippen molar-refractivity contribution in [2.75, 3.05) is 0 Å². The van der Waals surface area contributed by atoms with Crippen molar-refractivity contribution in [3.8, 4) is 0 Å². The molecule has 0 atom stereocenters. The Labute approximate surface area is 112 Å². The molecule has 1 fully saturated rings. The van der Waals surface area contributed by atoms with Crippen molar-refractivity contribution in [2.45, 2.75) is 31.4 Å². The van der Waals surface area contributed by atoms with Crippen molar-refractivity contribution >= 4 is 22.5 Å². The molecule has 1 heterocycles. The highest BCUT2D eigenvalue weighted by molar-refractivity contribution is 6.34. The van der Waals surface area contributed by atoms with E-state index < -0.39 is 11.7 Å². The summed E-state index contributed by atoms with van der Waals surface area (Å²) in [6.45, 7) is 0. The van der Waals surface area contributed by atoms with Gasteiger partial charge in [0.1, 0.15) is 11.0 Å². The number of nitrogens with zero attached hydrogens (tertiary/aromatic N) is 2. The van der Waals surface area contributed by atoms with Crippen LogP contribution in [0.4, 0.5) is 13.2 Å². The number of fused-ring (bicyclic) bond motifs is 1. The second-order valence-corrected chi connectivity index (χ2v) is 5.09. The molecule has 0 N–H and O–H groups in total. The second-order valence-electron chi connectivity index (χ2n) is 4.73. The summed E-state index contributed by atoms with van der Waals surface area (Å²) in [6, 6.07) is 3.36. The minimum atomic E-state index is -4.37. The molecule has 6 heteroatoms. The third-order valence-corrected chi connectivity index (χ3v) is 3.75. The fraction of sp³-hybridized carbons (Fsp3) is 0.385. The summed E-state index contributed by atoms with van der Waals surface area (Å²) >= 11 is 6.02. The Hall–Kier alpha value is -1.36. The molecule has 2 nitrogen and oxygen atoms in total. The van der Waals surface area contributed by atoms with Crippen LogP contribution in [0.25, 0.3) is 10.9 Å². The van der Waals surface area contributed by atoms with Crippen molar-refractivity contribution in [1.29, 1.82) is 0 Å². The number of hydrogen-bond acceptors (Lipinski definition) is 2. The Morgan fingerprint density at radius 3 is 2.47 bits per heavy atom. The summed E-state index contributed by atoms with van der Waals surface area (Å²) in [6.07, 6.45) is -1.32. The number of alkyl halides is 3. The first-order valence-electron chi connectivity index (χ1n) is 5.99.